The molecule has 1 aromatic heterocycles. The Kier molecular flexibility index (Phi) is 6.95. The highest BCUT2D eigenvalue weighted by molar-refractivity contribution is 5.96. The van der Waals surface area contributed by atoms with Crippen LogP contribution in [0.4, 0.5) is 11.5 Å². The van der Waals surface area contributed by atoms with Gasteiger partial charge in [0.2, 0.25) is 0 Å². The summed E-state index contributed by atoms with van der Waals surface area (Å²) in [5.74, 6) is -0.0421. The summed E-state index contributed by atoms with van der Waals surface area (Å²) in [7, 11) is 0. The molecule has 0 bridgehead atoms. The zero-order valence-corrected chi connectivity index (χ0v) is 16.2. The van der Waals surface area contributed by atoms with Crippen LogP contribution in [0.2, 0.25) is 0 Å². The summed E-state index contributed by atoms with van der Waals surface area (Å²) in [5.41, 5.74) is 2.67. The molecule has 0 saturated carbocycles. The van der Waals surface area contributed by atoms with Gasteiger partial charge in [-0.15, -0.1) is 0 Å². The van der Waals surface area contributed by atoms with Gasteiger partial charge in [-0.3, -0.25) is 4.79 Å². The molecule has 6 heteroatoms. The Bertz CT molecular complexity index is 957. The van der Waals surface area contributed by atoms with Crippen molar-refractivity contribution in [2.75, 3.05) is 18.5 Å². The normalized spacial score (nSPS) is 10.2. The summed E-state index contributed by atoms with van der Waals surface area (Å²) >= 11 is 0. The van der Waals surface area contributed by atoms with Crippen molar-refractivity contribution < 1.29 is 14.3 Å². The lowest BCUT2D eigenvalue weighted by atomic mass is 10.1. The number of rotatable bonds is 8. The molecule has 0 aliphatic rings. The van der Waals surface area contributed by atoms with Crippen molar-refractivity contribution in [1.82, 2.24) is 10.3 Å². The third-order valence-corrected chi connectivity index (χ3v) is 4.25. The number of aromatic nitrogens is 1. The number of pyridine rings is 1. The number of benzene rings is 2. The molecule has 2 aromatic carbocycles. The van der Waals surface area contributed by atoms with Gasteiger partial charge in [0, 0.05) is 12.7 Å². The fourth-order valence-electron chi connectivity index (χ4n) is 2.79. The van der Waals surface area contributed by atoms with E-state index in [0.29, 0.717) is 35.8 Å². The van der Waals surface area contributed by atoms with Crippen molar-refractivity contribution >= 4 is 23.4 Å². The van der Waals surface area contributed by atoms with Gasteiger partial charge in [0.25, 0.3) is 5.91 Å². The molecule has 0 aliphatic carbocycles. The summed E-state index contributed by atoms with van der Waals surface area (Å²) in [5, 5.41) is 5.99. The Morgan fingerprint density at radius 3 is 2.45 bits per heavy atom. The van der Waals surface area contributed by atoms with Crippen LogP contribution in [0.3, 0.4) is 0 Å². The van der Waals surface area contributed by atoms with Crippen LogP contribution in [-0.2, 0) is 11.2 Å². The molecule has 3 rings (SSSR count). The lowest BCUT2D eigenvalue weighted by Crippen LogP contribution is -2.25. The first-order valence-electron chi connectivity index (χ1n) is 9.48. The number of carbonyl (C=O) groups is 2. The maximum Gasteiger partial charge on any atom is 0.340 e. The topological polar surface area (TPSA) is 80.3 Å². The molecule has 0 saturated heterocycles. The second-order valence-corrected chi connectivity index (χ2v) is 6.31. The Hall–Kier alpha value is -3.67. The van der Waals surface area contributed by atoms with Gasteiger partial charge in [-0.2, -0.15) is 0 Å². The predicted octanol–water partition coefficient (Wildman–Crippen LogP) is 3.97. The Morgan fingerprint density at radius 2 is 1.72 bits per heavy atom. The molecule has 0 spiro atoms. The highest BCUT2D eigenvalue weighted by Crippen LogP contribution is 2.20. The van der Waals surface area contributed by atoms with E-state index in [1.165, 1.54) is 11.8 Å². The smallest absolute Gasteiger partial charge is 0.340 e. The molecule has 0 aliphatic heterocycles. The predicted molar refractivity (Wildman–Crippen MR) is 112 cm³/mol. The second kappa shape index (κ2) is 10.0. The minimum absolute atomic E-state index is 0.174. The van der Waals surface area contributed by atoms with E-state index in [2.05, 4.69) is 15.6 Å². The number of para-hydroxylation sites is 1. The average Bonchev–Trinajstić information content (AvgIpc) is 2.75. The van der Waals surface area contributed by atoms with Crippen molar-refractivity contribution in [2.24, 2.45) is 0 Å². The molecule has 29 heavy (non-hydrogen) atoms. The highest BCUT2D eigenvalue weighted by Gasteiger charge is 2.12. The van der Waals surface area contributed by atoms with Crippen LogP contribution in [0.5, 0.6) is 0 Å². The van der Waals surface area contributed by atoms with Crippen LogP contribution in [0.1, 0.15) is 33.2 Å². The number of esters is 1. The van der Waals surface area contributed by atoms with Crippen LogP contribution < -0.4 is 10.6 Å². The summed E-state index contributed by atoms with van der Waals surface area (Å²) in [6.45, 7) is 2.62. The first kappa shape index (κ1) is 20.1. The quantitative estimate of drug-likeness (QED) is 0.570. The van der Waals surface area contributed by atoms with Gasteiger partial charge in [0.05, 0.1) is 23.4 Å². The van der Waals surface area contributed by atoms with Crippen LogP contribution in [0.25, 0.3) is 0 Å². The molecule has 1 amide bonds. The molecule has 0 radical (unpaired) electrons. The van der Waals surface area contributed by atoms with Gasteiger partial charge in [-0.05, 0) is 43.2 Å². The van der Waals surface area contributed by atoms with Crippen LogP contribution in [-0.4, -0.2) is 30.0 Å². The summed E-state index contributed by atoms with van der Waals surface area (Å²) in [6, 6.07) is 20.4. The van der Waals surface area contributed by atoms with E-state index < -0.39 is 5.97 Å². The summed E-state index contributed by atoms with van der Waals surface area (Å²) < 4.78 is 5.07. The standard InChI is InChI=1S/C23H23N3O3/c1-2-29-23(28)19-10-6-7-11-20(19)26-21-13-12-18(16-25-21)22(27)24-15-14-17-8-4-3-5-9-17/h3-13,16H,2,14-15H2,1H3,(H,24,27)(H,25,26). The molecular formula is C23H23N3O3. The van der Waals surface area contributed by atoms with Gasteiger partial charge < -0.3 is 15.4 Å². The number of hydrogen-bond donors (Lipinski definition) is 2. The zero-order chi connectivity index (χ0) is 20.5. The highest BCUT2D eigenvalue weighted by atomic mass is 16.5. The first-order chi connectivity index (χ1) is 14.2. The van der Waals surface area contributed by atoms with Crippen LogP contribution in [0.15, 0.2) is 72.9 Å². The maximum absolute atomic E-state index is 12.3. The van der Waals surface area contributed by atoms with Gasteiger partial charge in [0.15, 0.2) is 0 Å². The second-order valence-electron chi connectivity index (χ2n) is 6.31. The van der Waals surface area contributed by atoms with E-state index in [4.69, 9.17) is 4.74 Å². The van der Waals surface area contributed by atoms with Gasteiger partial charge in [0.1, 0.15) is 5.82 Å². The minimum Gasteiger partial charge on any atom is -0.462 e. The van der Waals surface area contributed by atoms with Crippen molar-refractivity contribution in [1.29, 1.82) is 0 Å². The molecule has 0 unspecified atom stereocenters. The van der Waals surface area contributed by atoms with Crippen LogP contribution >= 0.6 is 0 Å². The molecule has 6 nitrogen and oxygen atoms in total. The van der Waals surface area contributed by atoms with Crippen molar-refractivity contribution in [2.45, 2.75) is 13.3 Å². The SMILES string of the molecule is CCOC(=O)c1ccccc1Nc1ccc(C(=O)NCCc2ccccc2)cn1. The molecule has 2 N–H and O–H groups in total. The number of nitrogens with one attached hydrogen (secondary N) is 2. The summed E-state index contributed by atoms with van der Waals surface area (Å²) in [4.78, 5) is 28.6. The summed E-state index contributed by atoms with van der Waals surface area (Å²) in [6.07, 6.45) is 2.28. The van der Waals surface area contributed by atoms with E-state index in [1.807, 2.05) is 36.4 Å². The van der Waals surface area contributed by atoms with E-state index in [1.54, 1.807) is 37.3 Å². The van der Waals surface area contributed by atoms with E-state index >= 15 is 0 Å². The molecule has 0 fully saturated rings. The van der Waals surface area contributed by atoms with E-state index in [9.17, 15) is 9.59 Å². The van der Waals surface area contributed by atoms with Gasteiger partial charge in [-0.1, -0.05) is 42.5 Å². The molecule has 3 aromatic rings. The Morgan fingerprint density at radius 1 is 0.966 bits per heavy atom. The van der Waals surface area contributed by atoms with Crippen molar-refractivity contribution in [3.8, 4) is 0 Å². The fraction of sp³-hybridized carbons (Fsp3) is 0.174. The third kappa shape index (κ3) is 5.65. The molecular weight excluding hydrogens is 366 g/mol. The average molecular weight is 389 g/mol. The van der Waals surface area contributed by atoms with Crippen molar-refractivity contribution in [3.63, 3.8) is 0 Å². The fourth-order valence-corrected chi connectivity index (χ4v) is 2.79. The van der Waals surface area contributed by atoms with Crippen LogP contribution in [0, 0.1) is 0 Å². The van der Waals surface area contributed by atoms with Crippen molar-refractivity contribution in [3.05, 3.63) is 89.6 Å². The first-order valence-corrected chi connectivity index (χ1v) is 9.48. The Labute approximate surface area is 169 Å². The number of amides is 1. The third-order valence-electron chi connectivity index (χ3n) is 4.25. The lowest BCUT2D eigenvalue weighted by Gasteiger charge is -2.11. The zero-order valence-electron chi connectivity index (χ0n) is 16.2. The van der Waals surface area contributed by atoms with Gasteiger partial charge in [-0.25, -0.2) is 9.78 Å². The number of nitrogens with zero attached hydrogens (tertiary/aromatic N) is 1. The van der Waals surface area contributed by atoms with E-state index in [0.717, 1.165) is 6.42 Å². The monoisotopic (exact) mass is 389 g/mol. The number of anilines is 2. The van der Waals surface area contributed by atoms with E-state index in [-0.39, 0.29) is 5.91 Å². The largest absolute Gasteiger partial charge is 0.462 e. The van der Waals surface area contributed by atoms with Gasteiger partial charge >= 0.3 is 5.97 Å². The maximum atomic E-state index is 12.3. The number of carbonyl (C=O) groups excluding carboxylic acids is 2. The lowest BCUT2D eigenvalue weighted by molar-refractivity contribution is 0.0527. The molecule has 148 valence electrons. The Balaban J connectivity index is 1.59. The number of ether oxygens (including phenoxy) is 1. The molecule has 1 heterocycles. The number of hydrogen-bond acceptors (Lipinski definition) is 5. The minimum atomic E-state index is -0.398. The molecule has 0 atom stereocenters.